The van der Waals surface area contributed by atoms with E-state index in [1.165, 1.54) is 0 Å². The molecular formula is C9H11NOS. The SMILES string of the molecule is CN(C)Cc1ccc(C#CS)o1. The smallest absolute Gasteiger partial charge is 0.177 e. The Balaban J connectivity index is 2.68. The first-order valence-corrected chi connectivity index (χ1v) is 4.05. The summed E-state index contributed by atoms with van der Waals surface area (Å²) in [5.41, 5.74) is 0. The number of rotatable bonds is 2. The molecule has 0 bridgehead atoms. The van der Waals surface area contributed by atoms with Gasteiger partial charge in [0, 0.05) is 0 Å². The zero-order valence-corrected chi connectivity index (χ0v) is 8.06. The third-order valence-corrected chi connectivity index (χ3v) is 1.42. The normalized spacial score (nSPS) is 9.67. The Morgan fingerprint density at radius 2 is 2.25 bits per heavy atom. The van der Waals surface area contributed by atoms with E-state index in [4.69, 9.17) is 4.42 Å². The van der Waals surface area contributed by atoms with Crippen LogP contribution in [0.1, 0.15) is 11.5 Å². The van der Waals surface area contributed by atoms with Crippen molar-refractivity contribution in [3.8, 4) is 11.2 Å². The molecule has 1 aromatic heterocycles. The summed E-state index contributed by atoms with van der Waals surface area (Å²) in [6.45, 7) is 0.800. The largest absolute Gasteiger partial charge is 0.451 e. The van der Waals surface area contributed by atoms with Crippen molar-refractivity contribution >= 4 is 12.6 Å². The van der Waals surface area contributed by atoms with Crippen molar-refractivity contribution < 1.29 is 4.42 Å². The van der Waals surface area contributed by atoms with Gasteiger partial charge in [0.15, 0.2) is 5.76 Å². The topological polar surface area (TPSA) is 16.4 Å². The Kier molecular flexibility index (Phi) is 3.27. The number of hydrogen-bond donors (Lipinski definition) is 1. The maximum atomic E-state index is 5.37. The minimum Gasteiger partial charge on any atom is -0.451 e. The van der Waals surface area contributed by atoms with Gasteiger partial charge in [0.05, 0.1) is 6.54 Å². The van der Waals surface area contributed by atoms with Crippen LogP contribution >= 0.6 is 12.6 Å². The molecule has 1 aromatic rings. The van der Waals surface area contributed by atoms with Crippen LogP contribution in [0.5, 0.6) is 0 Å². The predicted molar refractivity (Wildman–Crippen MR) is 52.0 cm³/mol. The molecule has 12 heavy (non-hydrogen) atoms. The van der Waals surface area contributed by atoms with Crippen LogP contribution in [-0.4, -0.2) is 19.0 Å². The van der Waals surface area contributed by atoms with Crippen molar-refractivity contribution in [1.82, 2.24) is 4.90 Å². The second kappa shape index (κ2) is 4.24. The summed E-state index contributed by atoms with van der Waals surface area (Å²) in [7, 11) is 3.99. The van der Waals surface area contributed by atoms with E-state index >= 15 is 0 Å². The fourth-order valence-electron chi connectivity index (χ4n) is 0.897. The first-order chi connectivity index (χ1) is 5.72. The third-order valence-electron chi connectivity index (χ3n) is 1.31. The number of thiol groups is 1. The monoisotopic (exact) mass is 181 g/mol. The second-order valence-corrected chi connectivity index (χ2v) is 2.96. The Labute approximate surface area is 78.0 Å². The molecule has 0 spiro atoms. The van der Waals surface area contributed by atoms with Crippen LogP contribution in [0.4, 0.5) is 0 Å². The fourth-order valence-corrected chi connectivity index (χ4v) is 1.01. The molecule has 0 aromatic carbocycles. The summed E-state index contributed by atoms with van der Waals surface area (Å²) in [6, 6.07) is 3.77. The molecule has 0 amide bonds. The van der Waals surface area contributed by atoms with Gasteiger partial charge in [-0.05, 0) is 37.4 Å². The Bertz CT molecular complexity index is 306. The number of hydrogen-bond acceptors (Lipinski definition) is 3. The molecule has 0 aliphatic rings. The van der Waals surface area contributed by atoms with Crippen LogP contribution in [-0.2, 0) is 6.54 Å². The quantitative estimate of drug-likeness (QED) is 0.551. The highest BCUT2D eigenvalue weighted by molar-refractivity contribution is 7.85. The molecule has 0 saturated carbocycles. The molecule has 0 aliphatic heterocycles. The van der Waals surface area contributed by atoms with Crippen molar-refractivity contribution in [1.29, 1.82) is 0 Å². The first kappa shape index (κ1) is 9.24. The highest BCUT2D eigenvalue weighted by Crippen LogP contribution is 2.07. The molecule has 0 N–H and O–H groups in total. The van der Waals surface area contributed by atoms with Gasteiger partial charge in [0.1, 0.15) is 5.76 Å². The van der Waals surface area contributed by atoms with Crippen molar-refractivity contribution in [3.63, 3.8) is 0 Å². The van der Waals surface area contributed by atoms with Gasteiger partial charge in [0.2, 0.25) is 0 Å². The molecule has 2 nitrogen and oxygen atoms in total. The van der Waals surface area contributed by atoms with Crippen molar-refractivity contribution in [2.45, 2.75) is 6.54 Å². The van der Waals surface area contributed by atoms with E-state index < -0.39 is 0 Å². The molecule has 1 heterocycles. The van der Waals surface area contributed by atoms with Gasteiger partial charge in [-0.2, -0.15) is 0 Å². The minimum absolute atomic E-state index is 0.668. The summed E-state index contributed by atoms with van der Waals surface area (Å²) >= 11 is 3.78. The minimum atomic E-state index is 0.668. The van der Waals surface area contributed by atoms with E-state index in [0.717, 1.165) is 12.3 Å². The maximum Gasteiger partial charge on any atom is 0.177 e. The van der Waals surface area contributed by atoms with Gasteiger partial charge in [0.25, 0.3) is 0 Å². The highest BCUT2D eigenvalue weighted by Gasteiger charge is 1.99. The van der Waals surface area contributed by atoms with E-state index in [-0.39, 0.29) is 0 Å². The van der Waals surface area contributed by atoms with E-state index in [1.807, 2.05) is 31.1 Å². The number of nitrogens with zero attached hydrogens (tertiary/aromatic N) is 1. The van der Waals surface area contributed by atoms with Crippen LogP contribution in [0.2, 0.25) is 0 Å². The zero-order chi connectivity index (χ0) is 8.97. The molecule has 0 unspecified atom stereocenters. The fraction of sp³-hybridized carbons (Fsp3) is 0.333. The molecule has 0 fully saturated rings. The standard InChI is InChI=1S/C9H11NOS/c1-10(2)7-9-4-3-8(11-9)5-6-12/h3-4,12H,7H2,1-2H3. The Morgan fingerprint density at radius 1 is 1.50 bits per heavy atom. The predicted octanol–water partition coefficient (Wildman–Crippen LogP) is 1.58. The third kappa shape index (κ3) is 2.65. The van der Waals surface area contributed by atoms with Gasteiger partial charge in [-0.3, -0.25) is 0 Å². The lowest BCUT2D eigenvalue weighted by Gasteiger charge is -2.04. The summed E-state index contributed by atoms with van der Waals surface area (Å²) < 4.78 is 5.37. The molecule has 64 valence electrons. The van der Waals surface area contributed by atoms with Crippen LogP contribution < -0.4 is 0 Å². The van der Waals surface area contributed by atoms with E-state index in [1.54, 1.807) is 0 Å². The Morgan fingerprint density at radius 3 is 2.83 bits per heavy atom. The van der Waals surface area contributed by atoms with Crippen molar-refractivity contribution in [2.24, 2.45) is 0 Å². The van der Waals surface area contributed by atoms with Crippen molar-refractivity contribution in [2.75, 3.05) is 14.1 Å². The molecule has 0 atom stereocenters. The van der Waals surface area contributed by atoms with Crippen LogP contribution in [0.15, 0.2) is 16.5 Å². The maximum absolute atomic E-state index is 5.37. The van der Waals surface area contributed by atoms with Gasteiger partial charge in [-0.1, -0.05) is 12.6 Å². The molecular weight excluding hydrogens is 170 g/mol. The van der Waals surface area contributed by atoms with E-state index in [2.05, 4.69) is 23.8 Å². The summed E-state index contributed by atoms with van der Waals surface area (Å²) in [5, 5.41) is 2.49. The van der Waals surface area contributed by atoms with Crippen LogP contribution in [0.25, 0.3) is 0 Å². The zero-order valence-electron chi connectivity index (χ0n) is 7.16. The lowest BCUT2D eigenvalue weighted by molar-refractivity contribution is 0.348. The van der Waals surface area contributed by atoms with Crippen molar-refractivity contribution in [3.05, 3.63) is 23.7 Å². The summed E-state index contributed by atoms with van der Waals surface area (Å²) in [4.78, 5) is 2.04. The summed E-state index contributed by atoms with van der Waals surface area (Å²) in [6.07, 6.45) is 0. The van der Waals surface area contributed by atoms with Gasteiger partial charge < -0.3 is 9.32 Å². The summed E-state index contributed by atoms with van der Waals surface area (Å²) in [5.74, 6) is 4.32. The average Bonchev–Trinajstić information content (AvgIpc) is 2.36. The van der Waals surface area contributed by atoms with E-state index in [9.17, 15) is 0 Å². The Hall–Kier alpha value is -0.850. The van der Waals surface area contributed by atoms with E-state index in [0.29, 0.717) is 5.76 Å². The lowest BCUT2D eigenvalue weighted by Crippen LogP contribution is -2.09. The molecule has 3 heteroatoms. The lowest BCUT2D eigenvalue weighted by atomic mass is 10.4. The molecule has 1 rings (SSSR count). The molecule has 0 saturated heterocycles. The second-order valence-electron chi connectivity index (χ2n) is 2.74. The van der Waals surface area contributed by atoms with Crippen LogP contribution in [0.3, 0.4) is 0 Å². The number of furan rings is 1. The highest BCUT2D eigenvalue weighted by atomic mass is 32.1. The van der Waals surface area contributed by atoms with Gasteiger partial charge in [-0.25, -0.2) is 0 Å². The van der Waals surface area contributed by atoms with Gasteiger partial charge >= 0.3 is 0 Å². The molecule has 0 aliphatic carbocycles. The average molecular weight is 181 g/mol. The van der Waals surface area contributed by atoms with Crippen LogP contribution in [0, 0.1) is 11.2 Å². The first-order valence-electron chi connectivity index (χ1n) is 3.61. The van der Waals surface area contributed by atoms with Gasteiger partial charge in [-0.15, -0.1) is 0 Å². The molecule has 0 radical (unpaired) electrons.